The first-order valence-electron chi connectivity index (χ1n) is 13.5. The highest BCUT2D eigenvalue weighted by Crippen LogP contribution is 2.30. The molecule has 6 aromatic rings. The van der Waals surface area contributed by atoms with Gasteiger partial charge in [0.25, 0.3) is 0 Å². The van der Waals surface area contributed by atoms with Crippen molar-refractivity contribution in [2.24, 2.45) is 0 Å². The molecule has 39 heavy (non-hydrogen) atoms. The fourth-order valence-corrected chi connectivity index (χ4v) is 10.3. The zero-order valence-corrected chi connectivity index (χ0v) is 23.1. The molecule has 0 aliphatic carbocycles. The van der Waals surface area contributed by atoms with Crippen molar-refractivity contribution in [3.8, 4) is 11.1 Å². The van der Waals surface area contributed by atoms with Crippen molar-refractivity contribution in [3.05, 3.63) is 169 Å². The maximum absolute atomic E-state index is 3.63. The lowest BCUT2D eigenvalue weighted by Crippen LogP contribution is -2.74. The Bertz CT molecular complexity index is 1550. The molecule has 0 spiro atoms. The summed E-state index contributed by atoms with van der Waals surface area (Å²) in [5, 5.41) is 9.16. The molecule has 6 aromatic carbocycles. The number of para-hydroxylation sites is 1. The maximum atomic E-state index is 3.63. The van der Waals surface area contributed by atoms with Crippen LogP contribution < -0.4 is 26.1 Å². The largest absolute Gasteiger partial charge is 0.355 e. The molecule has 0 atom stereocenters. The van der Waals surface area contributed by atoms with Crippen LogP contribution in [-0.2, 0) is 0 Å². The molecule has 0 aliphatic rings. The molecule has 1 N–H and O–H groups in total. The standard InChI is InChI=1S/C37H31NSi/c1-29-21-25-31(26-22-29)38-37-20-12-11-19-36(37)30-23-27-35(28-24-30)39(32-13-5-2-6-14-32,33-15-7-3-8-16-33)34-17-9-4-10-18-34/h2-28,38H,1H3. The van der Waals surface area contributed by atoms with Gasteiger partial charge in [-0.25, -0.2) is 0 Å². The van der Waals surface area contributed by atoms with Crippen LogP contribution in [0.5, 0.6) is 0 Å². The van der Waals surface area contributed by atoms with Crippen molar-refractivity contribution < 1.29 is 0 Å². The number of anilines is 2. The third kappa shape index (κ3) is 4.83. The molecule has 0 heterocycles. The predicted molar refractivity (Wildman–Crippen MR) is 170 cm³/mol. The fourth-order valence-electron chi connectivity index (χ4n) is 5.60. The summed E-state index contributed by atoms with van der Waals surface area (Å²) in [5.74, 6) is 0. The molecule has 0 aromatic heterocycles. The van der Waals surface area contributed by atoms with Gasteiger partial charge in [-0.2, -0.15) is 0 Å². The quantitative estimate of drug-likeness (QED) is 0.182. The Hall–Kier alpha value is -4.66. The molecule has 0 saturated carbocycles. The Morgan fingerprint density at radius 3 is 1.36 bits per heavy atom. The van der Waals surface area contributed by atoms with E-state index >= 15 is 0 Å². The van der Waals surface area contributed by atoms with Crippen molar-refractivity contribution in [2.75, 3.05) is 5.32 Å². The molecule has 2 heteroatoms. The van der Waals surface area contributed by atoms with Gasteiger partial charge in [0.2, 0.25) is 0 Å². The number of hydrogen-bond acceptors (Lipinski definition) is 1. The second-order valence-electron chi connectivity index (χ2n) is 9.96. The van der Waals surface area contributed by atoms with Crippen LogP contribution in [0.4, 0.5) is 11.4 Å². The van der Waals surface area contributed by atoms with Crippen molar-refractivity contribution in [1.29, 1.82) is 0 Å². The smallest absolute Gasteiger partial charge is 0.179 e. The van der Waals surface area contributed by atoms with Crippen LogP contribution in [0.15, 0.2) is 164 Å². The van der Waals surface area contributed by atoms with Gasteiger partial charge in [-0.15, -0.1) is 0 Å². The first-order valence-corrected chi connectivity index (χ1v) is 15.5. The van der Waals surface area contributed by atoms with E-state index in [9.17, 15) is 0 Å². The van der Waals surface area contributed by atoms with Gasteiger partial charge in [-0.05, 0) is 51.4 Å². The topological polar surface area (TPSA) is 12.0 Å². The third-order valence-corrected chi connectivity index (χ3v) is 12.3. The Labute approximate surface area is 232 Å². The number of hydrogen-bond donors (Lipinski definition) is 1. The van der Waals surface area contributed by atoms with Gasteiger partial charge in [-0.3, -0.25) is 0 Å². The lowest BCUT2D eigenvalue weighted by atomic mass is 10.0. The van der Waals surface area contributed by atoms with Gasteiger partial charge in [0.05, 0.1) is 0 Å². The van der Waals surface area contributed by atoms with E-state index in [1.165, 1.54) is 37.4 Å². The summed E-state index contributed by atoms with van der Waals surface area (Å²) in [6.45, 7) is 2.11. The van der Waals surface area contributed by atoms with E-state index in [2.05, 4.69) is 176 Å². The van der Waals surface area contributed by atoms with Crippen LogP contribution in [0.25, 0.3) is 11.1 Å². The van der Waals surface area contributed by atoms with E-state index < -0.39 is 8.07 Å². The minimum atomic E-state index is -2.52. The minimum absolute atomic E-state index is 1.09. The molecule has 0 bridgehead atoms. The van der Waals surface area contributed by atoms with Crippen molar-refractivity contribution in [3.63, 3.8) is 0 Å². The van der Waals surface area contributed by atoms with Crippen LogP contribution in [0.3, 0.4) is 0 Å². The van der Waals surface area contributed by atoms with E-state index in [-0.39, 0.29) is 0 Å². The molecule has 1 nitrogen and oxygen atoms in total. The normalized spacial score (nSPS) is 11.2. The van der Waals surface area contributed by atoms with Gasteiger partial charge in [0, 0.05) is 16.9 Å². The summed E-state index contributed by atoms with van der Waals surface area (Å²) in [4.78, 5) is 0. The second-order valence-corrected chi connectivity index (χ2v) is 13.8. The molecule has 188 valence electrons. The van der Waals surface area contributed by atoms with E-state index in [4.69, 9.17) is 0 Å². The van der Waals surface area contributed by atoms with E-state index in [1.807, 2.05) is 0 Å². The molecule has 0 aliphatic heterocycles. The SMILES string of the molecule is Cc1ccc(Nc2ccccc2-c2ccc([Si](c3ccccc3)(c3ccccc3)c3ccccc3)cc2)cc1. The molecule has 0 saturated heterocycles. The zero-order valence-electron chi connectivity index (χ0n) is 22.1. The molecule has 0 radical (unpaired) electrons. The molecular weight excluding hydrogens is 487 g/mol. The van der Waals surface area contributed by atoms with Crippen molar-refractivity contribution >= 4 is 40.2 Å². The summed E-state index contributed by atoms with van der Waals surface area (Å²) in [6, 6.07) is 59.6. The van der Waals surface area contributed by atoms with Crippen LogP contribution in [0.2, 0.25) is 0 Å². The van der Waals surface area contributed by atoms with Gasteiger partial charge in [0.15, 0.2) is 8.07 Å². The number of nitrogens with one attached hydrogen (secondary N) is 1. The molecular formula is C37H31NSi. The number of rotatable bonds is 7. The Morgan fingerprint density at radius 1 is 0.410 bits per heavy atom. The van der Waals surface area contributed by atoms with Crippen LogP contribution in [-0.4, -0.2) is 8.07 Å². The first kappa shape index (κ1) is 24.7. The van der Waals surface area contributed by atoms with Gasteiger partial charge in [0.1, 0.15) is 0 Å². The molecule has 0 fully saturated rings. The van der Waals surface area contributed by atoms with Gasteiger partial charge in [-0.1, -0.05) is 151 Å². The van der Waals surface area contributed by atoms with Crippen LogP contribution in [0.1, 0.15) is 5.56 Å². The molecule has 0 amide bonds. The average molecular weight is 518 g/mol. The van der Waals surface area contributed by atoms with Crippen LogP contribution >= 0.6 is 0 Å². The summed E-state index contributed by atoms with van der Waals surface area (Å²) >= 11 is 0. The third-order valence-electron chi connectivity index (χ3n) is 7.51. The number of benzene rings is 6. The number of aryl methyl sites for hydroxylation is 1. The Balaban J connectivity index is 1.49. The first-order chi connectivity index (χ1) is 19.2. The maximum Gasteiger partial charge on any atom is 0.179 e. The fraction of sp³-hybridized carbons (Fsp3) is 0.0270. The van der Waals surface area contributed by atoms with Crippen molar-refractivity contribution in [2.45, 2.75) is 6.92 Å². The summed E-state index contributed by atoms with van der Waals surface area (Å²) in [5.41, 5.74) is 5.84. The van der Waals surface area contributed by atoms with E-state index in [1.54, 1.807) is 0 Å². The Kier molecular flexibility index (Phi) is 6.95. The highest BCUT2D eigenvalue weighted by atomic mass is 28.3. The van der Waals surface area contributed by atoms with E-state index in [0.29, 0.717) is 0 Å². The van der Waals surface area contributed by atoms with E-state index in [0.717, 1.165) is 11.4 Å². The van der Waals surface area contributed by atoms with Gasteiger partial charge < -0.3 is 5.32 Å². The second kappa shape index (κ2) is 11.0. The summed E-state index contributed by atoms with van der Waals surface area (Å²) in [7, 11) is -2.52. The summed E-state index contributed by atoms with van der Waals surface area (Å²) in [6.07, 6.45) is 0. The monoisotopic (exact) mass is 517 g/mol. The lowest BCUT2D eigenvalue weighted by Gasteiger charge is -2.34. The zero-order chi connectivity index (χ0) is 26.5. The lowest BCUT2D eigenvalue weighted by molar-refractivity contribution is 1.45. The minimum Gasteiger partial charge on any atom is -0.355 e. The predicted octanol–water partition coefficient (Wildman–Crippen LogP) is 6.78. The molecule has 6 rings (SSSR count). The van der Waals surface area contributed by atoms with Crippen molar-refractivity contribution in [1.82, 2.24) is 0 Å². The van der Waals surface area contributed by atoms with Gasteiger partial charge >= 0.3 is 0 Å². The Morgan fingerprint density at radius 2 is 0.846 bits per heavy atom. The summed E-state index contributed by atoms with van der Waals surface area (Å²) < 4.78 is 0. The highest BCUT2D eigenvalue weighted by molar-refractivity contribution is 7.19. The highest BCUT2D eigenvalue weighted by Gasteiger charge is 2.41. The van der Waals surface area contributed by atoms with Crippen LogP contribution in [0, 0.1) is 6.92 Å². The average Bonchev–Trinajstić information content (AvgIpc) is 3.01. The molecule has 0 unspecified atom stereocenters.